The molecule has 0 aliphatic heterocycles. The Hall–Kier alpha value is -2.49. The Kier molecular flexibility index (Phi) is 3.29. The number of rotatable bonds is 4. The van der Waals surface area contributed by atoms with Crippen LogP contribution in [0.25, 0.3) is 11.1 Å². The number of nitrogen functional groups attached to an aromatic ring is 1. The molecule has 2 aromatic carbocycles. The lowest BCUT2D eigenvalue weighted by atomic mass is 10.0. The first kappa shape index (κ1) is 12.5. The number of nitrogens with one attached hydrogen (secondary N) is 1. The SMILES string of the molecule is CC(CNc1nc2ccc(N)cc2o1)c1ccccc1. The van der Waals surface area contributed by atoms with E-state index in [0.717, 1.165) is 12.1 Å². The minimum atomic E-state index is 0.385. The lowest BCUT2D eigenvalue weighted by molar-refractivity contribution is 0.609. The maximum atomic E-state index is 5.72. The van der Waals surface area contributed by atoms with Gasteiger partial charge in [-0.1, -0.05) is 37.3 Å². The van der Waals surface area contributed by atoms with Crippen molar-refractivity contribution in [3.05, 3.63) is 54.1 Å². The summed E-state index contributed by atoms with van der Waals surface area (Å²) in [5.41, 5.74) is 9.22. The van der Waals surface area contributed by atoms with Gasteiger partial charge >= 0.3 is 0 Å². The van der Waals surface area contributed by atoms with Crippen LogP contribution in [0.15, 0.2) is 52.9 Å². The zero-order valence-corrected chi connectivity index (χ0v) is 11.3. The second-order valence-corrected chi connectivity index (χ2v) is 4.94. The summed E-state index contributed by atoms with van der Waals surface area (Å²) in [4.78, 5) is 4.39. The van der Waals surface area contributed by atoms with Gasteiger partial charge in [0.25, 0.3) is 6.01 Å². The van der Waals surface area contributed by atoms with Crippen LogP contribution in [0.3, 0.4) is 0 Å². The average Bonchev–Trinajstić information content (AvgIpc) is 2.87. The van der Waals surface area contributed by atoms with Crippen LogP contribution in [0.4, 0.5) is 11.7 Å². The molecule has 0 amide bonds. The maximum absolute atomic E-state index is 5.72. The van der Waals surface area contributed by atoms with Gasteiger partial charge < -0.3 is 15.5 Å². The zero-order valence-electron chi connectivity index (χ0n) is 11.3. The number of nitrogens with two attached hydrogens (primary N) is 1. The number of hydrogen-bond acceptors (Lipinski definition) is 4. The summed E-state index contributed by atoms with van der Waals surface area (Å²) in [5.74, 6) is 0.385. The number of anilines is 2. The molecular formula is C16H17N3O. The van der Waals surface area contributed by atoms with Crippen LogP contribution in [0.5, 0.6) is 0 Å². The summed E-state index contributed by atoms with van der Waals surface area (Å²) in [7, 11) is 0. The van der Waals surface area contributed by atoms with E-state index in [1.807, 2.05) is 30.3 Å². The summed E-state index contributed by atoms with van der Waals surface area (Å²) >= 11 is 0. The number of hydrogen-bond donors (Lipinski definition) is 2. The van der Waals surface area contributed by atoms with Crippen molar-refractivity contribution in [1.29, 1.82) is 0 Å². The Morgan fingerprint density at radius 2 is 2.00 bits per heavy atom. The fourth-order valence-corrected chi connectivity index (χ4v) is 2.16. The van der Waals surface area contributed by atoms with Gasteiger partial charge in [0.2, 0.25) is 0 Å². The third kappa shape index (κ3) is 2.59. The molecular weight excluding hydrogens is 250 g/mol. The van der Waals surface area contributed by atoms with E-state index in [0.29, 0.717) is 23.2 Å². The number of oxazole rings is 1. The van der Waals surface area contributed by atoms with Crippen molar-refractivity contribution in [1.82, 2.24) is 4.98 Å². The van der Waals surface area contributed by atoms with Crippen molar-refractivity contribution in [2.75, 3.05) is 17.6 Å². The van der Waals surface area contributed by atoms with Gasteiger partial charge in [-0.05, 0) is 23.6 Å². The van der Waals surface area contributed by atoms with Crippen LogP contribution >= 0.6 is 0 Å². The van der Waals surface area contributed by atoms with E-state index >= 15 is 0 Å². The van der Waals surface area contributed by atoms with Crippen molar-refractivity contribution in [3.63, 3.8) is 0 Å². The summed E-state index contributed by atoms with van der Waals surface area (Å²) in [6.45, 7) is 2.94. The molecule has 1 unspecified atom stereocenters. The molecule has 4 heteroatoms. The van der Waals surface area contributed by atoms with Gasteiger partial charge in [-0.15, -0.1) is 0 Å². The lowest BCUT2D eigenvalue weighted by Crippen LogP contribution is -2.09. The highest BCUT2D eigenvalue weighted by Gasteiger charge is 2.08. The van der Waals surface area contributed by atoms with Crippen LogP contribution in [0, 0.1) is 0 Å². The van der Waals surface area contributed by atoms with Crippen LogP contribution in [-0.2, 0) is 0 Å². The average molecular weight is 267 g/mol. The van der Waals surface area contributed by atoms with E-state index in [1.165, 1.54) is 5.56 Å². The third-order valence-electron chi connectivity index (χ3n) is 3.34. The van der Waals surface area contributed by atoms with Gasteiger partial charge in [-0.2, -0.15) is 4.98 Å². The molecule has 3 N–H and O–H groups in total. The molecule has 20 heavy (non-hydrogen) atoms. The minimum absolute atomic E-state index is 0.385. The van der Waals surface area contributed by atoms with Crippen molar-refractivity contribution >= 4 is 22.8 Å². The fraction of sp³-hybridized carbons (Fsp3) is 0.188. The first-order valence-electron chi connectivity index (χ1n) is 6.67. The Balaban J connectivity index is 1.71. The van der Waals surface area contributed by atoms with Crippen LogP contribution in [-0.4, -0.2) is 11.5 Å². The van der Waals surface area contributed by atoms with Crippen molar-refractivity contribution in [3.8, 4) is 0 Å². The first-order chi connectivity index (χ1) is 9.72. The molecule has 1 atom stereocenters. The van der Waals surface area contributed by atoms with Gasteiger partial charge in [-0.25, -0.2) is 0 Å². The van der Waals surface area contributed by atoms with Crippen molar-refractivity contribution < 1.29 is 4.42 Å². The molecule has 1 aromatic heterocycles. The van der Waals surface area contributed by atoms with Crippen molar-refractivity contribution in [2.24, 2.45) is 0 Å². The number of benzene rings is 2. The predicted molar refractivity (Wildman–Crippen MR) is 81.8 cm³/mol. The molecule has 0 radical (unpaired) electrons. The van der Waals surface area contributed by atoms with Gasteiger partial charge in [-0.3, -0.25) is 0 Å². The standard InChI is InChI=1S/C16H17N3O/c1-11(12-5-3-2-4-6-12)10-18-16-19-14-8-7-13(17)9-15(14)20-16/h2-9,11H,10,17H2,1H3,(H,18,19). The largest absolute Gasteiger partial charge is 0.423 e. The fourth-order valence-electron chi connectivity index (χ4n) is 2.16. The summed E-state index contributed by atoms with van der Waals surface area (Å²) in [6.07, 6.45) is 0. The van der Waals surface area contributed by atoms with E-state index in [-0.39, 0.29) is 0 Å². The molecule has 1 heterocycles. The maximum Gasteiger partial charge on any atom is 0.295 e. The monoisotopic (exact) mass is 267 g/mol. The van der Waals surface area contributed by atoms with E-state index < -0.39 is 0 Å². The minimum Gasteiger partial charge on any atom is -0.423 e. The smallest absolute Gasteiger partial charge is 0.295 e. The van der Waals surface area contributed by atoms with E-state index in [2.05, 4.69) is 29.4 Å². The molecule has 0 aliphatic carbocycles. The topological polar surface area (TPSA) is 64.1 Å². The Bertz CT molecular complexity index is 706. The van der Waals surface area contributed by atoms with Crippen LogP contribution in [0.1, 0.15) is 18.4 Å². The van der Waals surface area contributed by atoms with E-state index in [1.54, 1.807) is 6.07 Å². The molecule has 0 saturated heterocycles. The highest BCUT2D eigenvalue weighted by Crippen LogP contribution is 2.22. The Morgan fingerprint density at radius 3 is 2.80 bits per heavy atom. The second kappa shape index (κ2) is 5.25. The van der Waals surface area contributed by atoms with Crippen molar-refractivity contribution in [2.45, 2.75) is 12.8 Å². The zero-order chi connectivity index (χ0) is 13.9. The molecule has 3 aromatic rings. The highest BCUT2D eigenvalue weighted by atomic mass is 16.4. The molecule has 0 bridgehead atoms. The molecule has 4 nitrogen and oxygen atoms in total. The summed E-state index contributed by atoms with van der Waals surface area (Å²) in [5, 5.41) is 3.23. The van der Waals surface area contributed by atoms with Gasteiger partial charge in [0, 0.05) is 18.3 Å². The number of aromatic nitrogens is 1. The molecule has 3 rings (SSSR count). The molecule has 0 saturated carbocycles. The first-order valence-corrected chi connectivity index (χ1v) is 6.67. The van der Waals surface area contributed by atoms with Crippen LogP contribution in [0.2, 0.25) is 0 Å². The number of nitrogens with zero attached hydrogens (tertiary/aromatic N) is 1. The normalized spacial score (nSPS) is 12.4. The van der Waals surface area contributed by atoms with E-state index in [4.69, 9.17) is 10.2 Å². The molecule has 0 aliphatic rings. The second-order valence-electron chi connectivity index (χ2n) is 4.94. The third-order valence-corrected chi connectivity index (χ3v) is 3.34. The predicted octanol–water partition coefficient (Wildman–Crippen LogP) is 3.63. The Morgan fingerprint density at radius 1 is 1.20 bits per heavy atom. The summed E-state index contributed by atoms with van der Waals surface area (Å²) in [6, 6.07) is 16.4. The van der Waals surface area contributed by atoms with Gasteiger partial charge in [0.05, 0.1) is 0 Å². The van der Waals surface area contributed by atoms with Gasteiger partial charge in [0.1, 0.15) is 5.52 Å². The number of fused-ring (bicyclic) bond motifs is 1. The molecule has 102 valence electrons. The quantitative estimate of drug-likeness (QED) is 0.708. The molecule has 0 fully saturated rings. The van der Waals surface area contributed by atoms with Gasteiger partial charge in [0.15, 0.2) is 5.58 Å². The van der Waals surface area contributed by atoms with Crippen LogP contribution < -0.4 is 11.1 Å². The molecule has 0 spiro atoms. The lowest BCUT2D eigenvalue weighted by Gasteiger charge is -2.11. The Labute approximate surface area is 117 Å². The van der Waals surface area contributed by atoms with E-state index in [9.17, 15) is 0 Å². The summed E-state index contributed by atoms with van der Waals surface area (Å²) < 4.78 is 5.63. The highest BCUT2D eigenvalue weighted by molar-refractivity contribution is 5.78.